The molecule has 0 aromatic heterocycles. The summed E-state index contributed by atoms with van der Waals surface area (Å²) in [6.07, 6.45) is 2.49. The molecular formula is C14H21N3O2. The summed E-state index contributed by atoms with van der Waals surface area (Å²) in [6.45, 7) is 4.60. The van der Waals surface area contributed by atoms with Gasteiger partial charge in [-0.25, -0.2) is 0 Å². The minimum atomic E-state index is -0.493. The Morgan fingerprint density at radius 2 is 2.32 bits per heavy atom. The number of nitrogens with zero attached hydrogens (tertiary/aromatic N) is 1. The maximum atomic E-state index is 11.3. The lowest BCUT2D eigenvalue weighted by atomic mass is 10.1. The van der Waals surface area contributed by atoms with Crippen LogP contribution in [0.25, 0.3) is 0 Å². The van der Waals surface area contributed by atoms with E-state index < -0.39 is 5.91 Å². The van der Waals surface area contributed by atoms with Gasteiger partial charge in [-0.05, 0) is 38.0 Å². The molecule has 0 bridgehead atoms. The number of benzene rings is 1. The van der Waals surface area contributed by atoms with Crippen molar-refractivity contribution in [2.75, 3.05) is 30.3 Å². The van der Waals surface area contributed by atoms with Gasteiger partial charge in [0.2, 0.25) is 0 Å². The van der Waals surface area contributed by atoms with Crippen molar-refractivity contribution < 1.29 is 9.53 Å². The van der Waals surface area contributed by atoms with Crippen LogP contribution in [0.3, 0.4) is 0 Å². The van der Waals surface area contributed by atoms with Crippen LogP contribution in [0.2, 0.25) is 0 Å². The number of carbonyl (C=O) groups is 1. The van der Waals surface area contributed by atoms with E-state index in [0.29, 0.717) is 11.3 Å². The van der Waals surface area contributed by atoms with Crippen molar-refractivity contribution in [3.05, 3.63) is 23.8 Å². The maximum absolute atomic E-state index is 11.3. The zero-order valence-corrected chi connectivity index (χ0v) is 11.3. The van der Waals surface area contributed by atoms with Gasteiger partial charge in [-0.1, -0.05) is 0 Å². The van der Waals surface area contributed by atoms with E-state index in [9.17, 15) is 4.79 Å². The minimum Gasteiger partial charge on any atom is -0.398 e. The molecule has 4 N–H and O–H groups in total. The van der Waals surface area contributed by atoms with Gasteiger partial charge in [0.05, 0.1) is 11.7 Å². The Morgan fingerprint density at radius 1 is 1.53 bits per heavy atom. The standard InChI is InChI=1S/C14H21N3O2/c1-2-17(9-11-4-3-7-19-11)10-5-6-13(15)12(8-10)14(16)18/h5-6,8,11H,2-4,7,9,15H2,1H3,(H2,16,18). The molecule has 1 unspecified atom stereocenters. The molecular weight excluding hydrogens is 242 g/mol. The summed E-state index contributed by atoms with van der Waals surface area (Å²) in [4.78, 5) is 13.5. The minimum absolute atomic E-state index is 0.273. The molecule has 1 saturated heterocycles. The number of anilines is 2. The van der Waals surface area contributed by atoms with E-state index in [2.05, 4.69) is 11.8 Å². The number of carbonyl (C=O) groups excluding carboxylic acids is 1. The van der Waals surface area contributed by atoms with Crippen molar-refractivity contribution in [2.45, 2.75) is 25.9 Å². The van der Waals surface area contributed by atoms with Crippen molar-refractivity contribution in [1.82, 2.24) is 0 Å². The Morgan fingerprint density at radius 3 is 2.89 bits per heavy atom. The zero-order chi connectivity index (χ0) is 13.8. The third-order valence-corrected chi connectivity index (χ3v) is 3.50. The van der Waals surface area contributed by atoms with Crippen molar-refractivity contribution in [3.63, 3.8) is 0 Å². The van der Waals surface area contributed by atoms with Gasteiger partial charge >= 0.3 is 0 Å². The van der Waals surface area contributed by atoms with Gasteiger partial charge in [0.15, 0.2) is 0 Å². The molecule has 5 heteroatoms. The first-order valence-electron chi connectivity index (χ1n) is 6.67. The summed E-state index contributed by atoms with van der Waals surface area (Å²) >= 11 is 0. The number of nitrogen functional groups attached to an aromatic ring is 1. The second kappa shape index (κ2) is 5.93. The molecule has 0 saturated carbocycles. The number of nitrogens with two attached hydrogens (primary N) is 2. The molecule has 1 heterocycles. The van der Waals surface area contributed by atoms with E-state index >= 15 is 0 Å². The van der Waals surface area contributed by atoms with Crippen LogP contribution in [0.5, 0.6) is 0 Å². The summed E-state index contributed by atoms with van der Waals surface area (Å²) in [5.74, 6) is -0.493. The van der Waals surface area contributed by atoms with Crippen LogP contribution < -0.4 is 16.4 Å². The molecule has 0 spiro atoms. The highest BCUT2D eigenvalue weighted by Gasteiger charge is 2.19. The second-order valence-electron chi connectivity index (χ2n) is 4.81. The van der Waals surface area contributed by atoms with E-state index in [4.69, 9.17) is 16.2 Å². The number of hydrogen-bond acceptors (Lipinski definition) is 4. The van der Waals surface area contributed by atoms with E-state index in [1.807, 2.05) is 6.07 Å². The Balaban J connectivity index is 2.17. The summed E-state index contributed by atoms with van der Waals surface area (Å²) in [5.41, 5.74) is 12.8. The van der Waals surface area contributed by atoms with Crippen LogP contribution in [0.15, 0.2) is 18.2 Å². The van der Waals surface area contributed by atoms with Gasteiger partial charge in [-0.2, -0.15) is 0 Å². The lowest BCUT2D eigenvalue weighted by Crippen LogP contribution is -2.32. The zero-order valence-electron chi connectivity index (χ0n) is 11.3. The normalized spacial score (nSPS) is 18.5. The number of ether oxygens (including phenoxy) is 1. The number of amides is 1. The number of primary amides is 1. The van der Waals surface area contributed by atoms with Crippen LogP contribution in [-0.4, -0.2) is 31.7 Å². The van der Waals surface area contributed by atoms with Crippen LogP contribution in [0, 0.1) is 0 Å². The van der Waals surface area contributed by atoms with Gasteiger partial charge in [-0.3, -0.25) is 4.79 Å². The van der Waals surface area contributed by atoms with Gasteiger partial charge in [0.25, 0.3) is 5.91 Å². The summed E-state index contributed by atoms with van der Waals surface area (Å²) in [5, 5.41) is 0. The molecule has 19 heavy (non-hydrogen) atoms. The molecule has 5 nitrogen and oxygen atoms in total. The summed E-state index contributed by atoms with van der Waals surface area (Å²) in [7, 11) is 0. The van der Waals surface area contributed by atoms with Crippen LogP contribution >= 0.6 is 0 Å². The average molecular weight is 263 g/mol. The lowest BCUT2D eigenvalue weighted by Gasteiger charge is -2.26. The summed E-state index contributed by atoms with van der Waals surface area (Å²) < 4.78 is 5.65. The fourth-order valence-electron chi connectivity index (χ4n) is 2.41. The molecule has 1 aromatic rings. The van der Waals surface area contributed by atoms with Gasteiger partial charge in [-0.15, -0.1) is 0 Å². The molecule has 1 atom stereocenters. The highest BCUT2D eigenvalue weighted by Crippen LogP contribution is 2.23. The first-order chi connectivity index (χ1) is 9.11. The quantitative estimate of drug-likeness (QED) is 0.786. The Labute approximate surface area is 113 Å². The average Bonchev–Trinajstić information content (AvgIpc) is 2.89. The number of likely N-dealkylation sites (N-methyl/N-ethyl adjacent to an activating group) is 1. The largest absolute Gasteiger partial charge is 0.398 e. The topological polar surface area (TPSA) is 81.6 Å². The predicted molar refractivity (Wildman–Crippen MR) is 76.2 cm³/mol. The van der Waals surface area contributed by atoms with Crippen LogP contribution in [0.4, 0.5) is 11.4 Å². The van der Waals surface area contributed by atoms with E-state index in [1.54, 1.807) is 12.1 Å². The molecule has 1 amide bonds. The monoisotopic (exact) mass is 263 g/mol. The Kier molecular flexibility index (Phi) is 4.27. The van der Waals surface area contributed by atoms with Crippen molar-refractivity contribution in [2.24, 2.45) is 5.73 Å². The lowest BCUT2D eigenvalue weighted by molar-refractivity contribution is 0.100. The van der Waals surface area contributed by atoms with E-state index in [1.165, 1.54) is 0 Å². The van der Waals surface area contributed by atoms with Crippen molar-refractivity contribution in [3.8, 4) is 0 Å². The van der Waals surface area contributed by atoms with Crippen LogP contribution in [-0.2, 0) is 4.74 Å². The van der Waals surface area contributed by atoms with Crippen molar-refractivity contribution in [1.29, 1.82) is 0 Å². The number of rotatable bonds is 5. The molecule has 2 rings (SSSR count). The second-order valence-corrected chi connectivity index (χ2v) is 4.81. The number of hydrogen-bond donors (Lipinski definition) is 2. The highest BCUT2D eigenvalue weighted by atomic mass is 16.5. The van der Waals surface area contributed by atoms with Crippen molar-refractivity contribution >= 4 is 17.3 Å². The van der Waals surface area contributed by atoms with Gasteiger partial charge in [0.1, 0.15) is 0 Å². The molecule has 0 aliphatic carbocycles. The first-order valence-corrected chi connectivity index (χ1v) is 6.67. The van der Waals surface area contributed by atoms with Crippen LogP contribution in [0.1, 0.15) is 30.1 Å². The molecule has 1 aliphatic heterocycles. The van der Waals surface area contributed by atoms with E-state index in [-0.39, 0.29) is 6.10 Å². The Hall–Kier alpha value is -1.75. The molecule has 1 fully saturated rings. The van der Waals surface area contributed by atoms with Gasteiger partial charge < -0.3 is 21.1 Å². The smallest absolute Gasteiger partial charge is 0.250 e. The third-order valence-electron chi connectivity index (χ3n) is 3.50. The fourth-order valence-corrected chi connectivity index (χ4v) is 2.41. The van der Waals surface area contributed by atoms with Gasteiger partial charge in [0, 0.05) is 31.1 Å². The maximum Gasteiger partial charge on any atom is 0.250 e. The molecule has 1 aliphatic rings. The SMILES string of the molecule is CCN(CC1CCCO1)c1ccc(N)c(C(N)=O)c1. The third kappa shape index (κ3) is 3.17. The van der Waals surface area contributed by atoms with E-state index in [0.717, 1.165) is 38.2 Å². The molecule has 0 radical (unpaired) electrons. The molecule has 1 aromatic carbocycles. The Bertz CT molecular complexity index is 456. The molecule has 104 valence electrons. The first kappa shape index (κ1) is 13.7. The predicted octanol–water partition coefficient (Wildman–Crippen LogP) is 1.37. The summed E-state index contributed by atoms with van der Waals surface area (Å²) in [6, 6.07) is 5.41. The highest BCUT2D eigenvalue weighted by molar-refractivity contribution is 5.99. The fraction of sp³-hybridized carbons (Fsp3) is 0.500.